The lowest BCUT2D eigenvalue weighted by atomic mass is 9.99. The van der Waals surface area contributed by atoms with Crippen molar-refractivity contribution in [2.24, 2.45) is 0 Å². The second-order valence-corrected chi connectivity index (χ2v) is 4.02. The number of nitrogens with zero attached hydrogens (tertiary/aromatic N) is 1. The van der Waals surface area contributed by atoms with Crippen molar-refractivity contribution >= 4 is 5.82 Å². The molecule has 3 nitrogen and oxygen atoms in total. The zero-order valence-corrected chi connectivity index (χ0v) is 10.2. The fourth-order valence-corrected chi connectivity index (χ4v) is 1.97. The number of benzene rings is 1. The van der Waals surface area contributed by atoms with E-state index in [2.05, 4.69) is 10.3 Å². The van der Waals surface area contributed by atoms with Crippen LogP contribution in [0.3, 0.4) is 0 Å². The molecule has 0 aliphatic carbocycles. The molecule has 2 aromatic rings. The van der Waals surface area contributed by atoms with Crippen molar-refractivity contribution < 1.29 is 4.39 Å². The van der Waals surface area contributed by atoms with E-state index in [1.54, 1.807) is 12.3 Å². The van der Waals surface area contributed by atoms with Gasteiger partial charge in [-0.25, -0.2) is 9.37 Å². The normalized spacial score (nSPS) is 12.3. The average Bonchev–Trinajstić information content (AvgIpc) is 2.37. The van der Waals surface area contributed by atoms with E-state index in [1.165, 1.54) is 12.1 Å². The quantitative estimate of drug-likeness (QED) is 0.870. The summed E-state index contributed by atoms with van der Waals surface area (Å²) in [5.41, 5.74) is 7.59. The van der Waals surface area contributed by atoms with Crippen molar-refractivity contribution in [2.45, 2.75) is 13.0 Å². The van der Waals surface area contributed by atoms with Crippen LogP contribution < -0.4 is 11.1 Å². The Bertz CT molecular complexity index is 528. The maximum Gasteiger partial charge on any atom is 0.128 e. The minimum absolute atomic E-state index is 0.139. The van der Waals surface area contributed by atoms with Crippen molar-refractivity contribution in [3.8, 4) is 0 Å². The molecule has 1 atom stereocenters. The third-order valence-corrected chi connectivity index (χ3v) is 2.77. The zero-order chi connectivity index (χ0) is 13.0. The van der Waals surface area contributed by atoms with E-state index in [1.807, 2.05) is 25.1 Å². The maximum absolute atomic E-state index is 13.3. The fourth-order valence-electron chi connectivity index (χ4n) is 1.97. The summed E-state index contributed by atoms with van der Waals surface area (Å²) in [6, 6.07) is 10.1. The first-order valence-electron chi connectivity index (χ1n) is 5.91. The van der Waals surface area contributed by atoms with E-state index in [0.29, 0.717) is 5.82 Å². The Morgan fingerprint density at radius 1 is 1.33 bits per heavy atom. The SMILES string of the molecule is CCNC(c1cccc(F)c1)c1cccnc1N. The molecule has 0 spiro atoms. The van der Waals surface area contributed by atoms with Crippen LogP contribution in [0.5, 0.6) is 0 Å². The molecule has 1 aromatic carbocycles. The van der Waals surface area contributed by atoms with Crippen molar-refractivity contribution in [2.75, 3.05) is 12.3 Å². The van der Waals surface area contributed by atoms with E-state index in [-0.39, 0.29) is 11.9 Å². The Balaban J connectivity index is 2.43. The lowest BCUT2D eigenvalue weighted by Gasteiger charge is -2.20. The minimum atomic E-state index is -0.252. The topological polar surface area (TPSA) is 50.9 Å². The van der Waals surface area contributed by atoms with Crippen molar-refractivity contribution in [1.29, 1.82) is 0 Å². The molecule has 0 aliphatic rings. The fraction of sp³-hybridized carbons (Fsp3) is 0.214. The van der Waals surface area contributed by atoms with Crippen LogP contribution in [0.25, 0.3) is 0 Å². The molecule has 18 heavy (non-hydrogen) atoms. The number of halogens is 1. The Morgan fingerprint density at radius 3 is 2.83 bits per heavy atom. The molecular formula is C14H16FN3. The summed E-state index contributed by atoms with van der Waals surface area (Å²) < 4.78 is 13.3. The van der Waals surface area contributed by atoms with Crippen molar-refractivity contribution in [1.82, 2.24) is 10.3 Å². The van der Waals surface area contributed by atoms with Crippen LogP contribution in [-0.2, 0) is 0 Å². The minimum Gasteiger partial charge on any atom is -0.383 e. The molecule has 0 saturated carbocycles. The molecule has 2 rings (SSSR count). The highest BCUT2D eigenvalue weighted by atomic mass is 19.1. The molecular weight excluding hydrogens is 229 g/mol. The van der Waals surface area contributed by atoms with Crippen LogP contribution in [0.4, 0.5) is 10.2 Å². The van der Waals surface area contributed by atoms with Gasteiger partial charge in [0.15, 0.2) is 0 Å². The van der Waals surface area contributed by atoms with Gasteiger partial charge in [0.1, 0.15) is 11.6 Å². The van der Waals surface area contributed by atoms with Gasteiger partial charge in [0.25, 0.3) is 0 Å². The molecule has 3 N–H and O–H groups in total. The van der Waals surface area contributed by atoms with Gasteiger partial charge in [0.2, 0.25) is 0 Å². The van der Waals surface area contributed by atoms with E-state index in [9.17, 15) is 4.39 Å². The number of nitrogens with one attached hydrogen (secondary N) is 1. The molecule has 0 fully saturated rings. The maximum atomic E-state index is 13.3. The highest BCUT2D eigenvalue weighted by molar-refractivity contribution is 5.45. The molecule has 0 amide bonds. The predicted octanol–water partition coefficient (Wildman–Crippen LogP) is 2.50. The Morgan fingerprint density at radius 2 is 2.17 bits per heavy atom. The summed E-state index contributed by atoms with van der Waals surface area (Å²) in [4.78, 5) is 4.07. The van der Waals surface area contributed by atoms with E-state index >= 15 is 0 Å². The number of nitrogen functional groups attached to an aromatic ring is 1. The third-order valence-electron chi connectivity index (χ3n) is 2.77. The Hall–Kier alpha value is -1.94. The highest BCUT2D eigenvalue weighted by Crippen LogP contribution is 2.25. The summed E-state index contributed by atoms with van der Waals surface area (Å²) in [6.45, 7) is 2.76. The molecule has 1 aromatic heterocycles. The lowest BCUT2D eigenvalue weighted by molar-refractivity contribution is 0.603. The predicted molar refractivity (Wildman–Crippen MR) is 70.6 cm³/mol. The first-order valence-corrected chi connectivity index (χ1v) is 5.91. The molecule has 0 aliphatic heterocycles. The smallest absolute Gasteiger partial charge is 0.128 e. The van der Waals surface area contributed by atoms with Crippen LogP contribution in [0.1, 0.15) is 24.1 Å². The Kier molecular flexibility index (Phi) is 3.89. The number of hydrogen-bond donors (Lipinski definition) is 2. The van der Waals surface area contributed by atoms with Gasteiger partial charge in [-0.05, 0) is 30.3 Å². The third kappa shape index (κ3) is 2.65. The first kappa shape index (κ1) is 12.5. The molecule has 1 unspecified atom stereocenters. The second-order valence-electron chi connectivity index (χ2n) is 4.02. The zero-order valence-electron chi connectivity index (χ0n) is 10.2. The number of rotatable bonds is 4. The van der Waals surface area contributed by atoms with Crippen molar-refractivity contribution in [3.05, 3.63) is 59.5 Å². The van der Waals surface area contributed by atoms with Crippen LogP contribution in [0.15, 0.2) is 42.6 Å². The summed E-state index contributed by atoms with van der Waals surface area (Å²) in [6.07, 6.45) is 1.65. The summed E-state index contributed by atoms with van der Waals surface area (Å²) in [5, 5.41) is 3.30. The van der Waals surface area contributed by atoms with E-state index < -0.39 is 0 Å². The first-order chi connectivity index (χ1) is 8.72. The van der Waals surface area contributed by atoms with Crippen LogP contribution in [-0.4, -0.2) is 11.5 Å². The van der Waals surface area contributed by atoms with Gasteiger partial charge < -0.3 is 11.1 Å². The van der Waals surface area contributed by atoms with Crippen LogP contribution in [0, 0.1) is 5.82 Å². The average molecular weight is 245 g/mol. The number of nitrogens with two attached hydrogens (primary N) is 1. The van der Waals surface area contributed by atoms with Crippen LogP contribution >= 0.6 is 0 Å². The summed E-state index contributed by atoms with van der Waals surface area (Å²) >= 11 is 0. The van der Waals surface area contributed by atoms with Crippen LogP contribution in [0.2, 0.25) is 0 Å². The number of hydrogen-bond acceptors (Lipinski definition) is 3. The number of aromatic nitrogens is 1. The number of anilines is 1. The molecule has 94 valence electrons. The largest absolute Gasteiger partial charge is 0.383 e. The van der Waals surface area contributed by atoms with Gasteiger partial charge in [-0.3, -0.25) is 0 Å². The lowest BCUT2D eigenvalue weighted by Crippen LogP contribution is -2.23. The van der Waals surface area contributed by atoms with Gasteiger partial charge in [-0.15, -0.1) is 0 Å². The monoisotopic (exact) mass is 245 g/mol. The summed E-state index contributed by atoms with van der Waals surface area (Å²) in [7, 11) is 0. The van der Waals surface area contributed by atoms with Gasteiger partial charge in [-0.2, -0.15) is 0 Å². The van der Waals surface area contributed by atoms with Gasteiger partial charge >= 0.3 is 0 Å². The van der Waals surface area contributed by atoms with Gasteiger partial charge in [0.05, 0.1) is 6.04 Å². The Labute approximate surface area is 106 Å². The van der Waals surface area contributed by atoms with E-state index in [0.717, 1.165) is 17.7 Å². The standard InChI is InChI=1S/C14H16FN3/c1-2-17-13(10-5-3-6-11(15)9-10)12-7-4-8-18-14(12)16/h3-9,13,17H,2H2,1H3,(H2,16,18). The number of pyridine rings is 1. The second kappa shape index (κ2) is 5.60. The molecule has 0 saturated heterocycles. The molecule has 0 radical (unpaired) electrons. The highest BCUT2D eigenvalue weighted by Gasteiger charge is 2.16. The van der Waals surface area contributed by atoms with Gasteiger partial charge in [-0.1, -0.05) is 25.1 Å². The van der Waals surface area contributed by atoms with Gasteiger partial charge in [0, 0.05) is 11.8 Å². The molecule has 0 bridgehead atoms. The molecule has 1 heterocycles. The molecule has 4 heteroatoms. The van der Waals surface area contributed by atoms with E-state index in [4.69, 9.17) is 5.73 Å². The summed E-state index contributed by atoms with van der Waals surface area (Å²) in [5.74, 6) is 0.213. The van der Waals surface area contributed by atoms with Crippen molar-refractivity contribution in [3.63, 3.8) is 0 Å².